The summed E-state index contributed by atoms with van der Waals surface area (Å²) in [6.45, 7) is 3.20. The van der Waals surface area contributed by atoms with Gasteiger partial charge in [-0.1, -0.05) is 94.0 Å². The van der Waals surface area contributed by atoms with Crippen molar-refractivity contribution in [3.05, 3.63) is 71.3 Å². The standard InChI is InChI=1S/C30H41NO/c1-23(27-11-3-2-4-12-27)21-25-15-17-26(18-16-25)22-28-13-7-8-14-29(28)30(32)31-20-19-24-9-5-6-10-24/h2-4,7-8,11-14,23-26H,5-6,9-10,15-22H2,1H3,(H,31,32). The van der Waals surface area contributed by atoms with E-state index in [1.807, 2.05) is 12.1 Å². The molecule has 2 heteroatoms. The zero-order valence-electron chi connectivity index (χ0n) is 19.9. The summed E-state index contributed by atoms with van der Waals surface area (Å²) in [4.78, 5) is 12.9. The summed E-state index contributed by atoms with van der Waals surface area (Å²) in [6, 6.07) is 19.3. The molecule has 2 aromatic rings. The van der Waals surface area contributed by atoms with Gasteiger partial charge in [0.15, 0.2) is 0 Å². The fourth-order valence-electron chi connectivity index (χ4n) is 6.10. The first kappa shape index (κ1) is 23.1. The molecule has 0 radical (unpaired) electrons. The van der Waals surface area contributed by atoms with E-state index >= 15 is 0 Å². The Bertz CT molecular complexity index is 831. The molecule has 2 saturated carbocycles. The van der Waals surface area contributed by atoms with Gasteiger partial charge in [-0.05, 0) is 73.0 Å². The van der Waals surface area contributed by atoms with Crippen molar-refractivity contribution in [1.29, 1.82) is 0 Å². The van der Waals surface area contributed by atoms with Crippen LogP contribution >= 0.6 is 0 Å². The van der Waals surface area contributed by atoms with Gasteiger partial charge < -0.3 is 5.32 Å². The highest BCUT2D eigenvalue weighted by Gasteiger charge is 2.24. The maximum Gasteiger partial charge on any atom is 0.251 e. The van der Waals surface area contributed by atoms with Crippen molar-refractivity contribution in [3.8, 4) is 0 Å². The van der Waals surface area contributed by atoms with Crippen molar-refractivity contribution in [2.45, 2.75) is 83.5 Å². The number of benzene rings is 2. The second-order valence-corrected chi connectivity index (χ2v) is 10.5. The molecular weight excluding hydrogens is 390 g/mol. The predicted octanol–water partition coefficient (Wildman–Crippen LogP) is 7.54. The highest BCUT2D eigenvalue weighted by molar-refractivity contribution is 5.95. The van der Waals surface area contributed by atoms with E-state index in [0.29, 0.717) is 11.8 Å². The van der Waals surface area contributed by atoms with Crippen molar-refractivity contribution in [2.75, 3.05) is 6.54 Å². The van der Waals surface area contributed by atoms with Crippen LogP contribution in [0.5, 0.6) is 0 Å². The highest BCUT2D eigenvalue weighted by atomic mass is 16.1. The first-order valence-electron chi connectivity index (χ1n) is 13.1. The first-order valence-corrected chi connectivity index (χ1v) is 13.1. The molecule has 0 spiro atoms. The quantitative estimate of drug-likeness (QED) is 0.436. The Morgan fingerprint density at radius 2 is 1.50 bits per heavy atom. The third-order valence-corrected chi connectivity index (χ3v) is 8.11. The monoisotopic (exact) mass is 431 g/mol. The lowest BCUT2D eigenvalue weighted by atomic mass is 9.75. The van der Waals surface area contributed by atoms with Crippen molar-refractivity contribution < 1.29 is 4.79 Å². The molecule has 0 aromatic heterocycles. The van der Waals surface area contributed by atoms with Gasteiger partial charge in [0.05, 0.1) is 0 Å². The van der Waals surface area contributed by atoms with Gasteiger partial charge in [0, 0.05) is 12.1 Å². The normalized spacial score (nSPS) is 22.5. The molecule has 2 aliphatic rings. The molecule has 1 N–H and O–H groups in total. The Labute approximate surface area is 195 Å². The van der Waals surface area contributed by atoms with E-state index in [2.05, 4.69) is 54.7 Å². The van der Waals surface area contributed by atoms with E-state index in [0.717, 1.165) is 36.8 Å². The molecule has 2 nitrogen and oxygen atoms in total. The van der Waals surface area contributed by atoms with Crippen LogP contribution < -0.4 is 5.32 Å². The molecule has 1 amide bonds. The average molecular weight is 432 g/mol. The van der Waals surface area contributed by atoms with Crippen LogP contribution in [0.25, 0.3) is 0 Å². The zero-order valence-corrected chi connectivity index (χ0v) is 19.9. The Morgan fingerprint density at radius 1 is 0.844 bits per heavy atom. The topological polar surface area (TPSA) is 29.1 Å². The van der Waals surface area contributed by atoms with Gasteiger partial charge in [-0.3, -0.25) is 4.79 Å². The lowest BCUT2D eigenvalue weighted by molar-refractivity contribution is 0.0950. The largest absolute Gasteiger partial charge is 0.352 e. The molecule has 0 bridgehead atoms. The fraction of sp³-hybridized carbons (Fsp3) is 0.567. The number of hydrogen-bond acceptors (Lipinski definition) is 1. The summed E-state index contributed by atoms with van der Waals surface area (Å²) in [5.74, 6) is 3.15. The summed E-state index contributed by atoms with van der Waals surface area (Å²) in [5, 5.41) is 3.21. The maximum atomic E-state index is 12.9. The maximum absolute atomic E-state index is 12.9. The number of carbonyl (C=O) groups excluding carboxylic acids is 1. The van der Waals surface area contributed by atoms with Crippen LogP contribution in [-0.2, 0) is 6.42 Å². The minimum atomic E-state index is 0.129. The second kappa shape index (κ2) is 11.7. The molecule has 0 heterocycles. The predicted molar refractivity (Wildman–Crippen MR) is 134 cm³/mol. The van der Waals surface area contributed by atoms with E-state index in [1.165, 1.54) is 68.9 Å². The average Bonchev–Trinajstić information content (AvgIpc) is 3.35. The van der Waals surface area contributed by atoms with Gasteiger partial charge in [0.2, 0.25) is 0 Å². The highest BCUT2D eigenvalue weighted by Crippen LogP contribution is 2.37. The molecular formula is C30H41NO. The Morgan fingerprint density at radius 3 is 2.25 bits per heavy atom. The third kappa shape index (κ3) is 6.47. The molecule has 0 saturated heterocycles. The fourth-order valence-corrected chi connectivity index (χ4v) is 6.10. The van der Waals surface area contributed by atoms with E-state index in [-0.39, 0.29) is 5.91 Å². The Balaban J connectivity index is 1.24. The van der Waals surface area contributed by atoms with Gasteiger partial charge in [-0.25, -0.2) is 0 Å². The van der Waals surface area contributed by atoms with Crippen molar-refractivity contribution in [3.63, 3.8) is 0 Å². The van der Waals surface area contributed by atoms with Crippen molar-refractivity contribution in [2.24, 2.45) is 17.8 Å². The molecule has 1 unspecified atom stereocenters. The number of carbonyl (C=O) groups is 1. The van der Waals surface area contributed by atoms with Crippen molar-refractivity contribution in [1.82, 2.24) is 5.32 Å². The van der Waals surface area contributed by atoms with Crippen LogP contribution in [0.15, 0.2) is 54.6 Å². The van der Waals surface area contributed by atoms with Crippen LogP contribution in [-0.4, -0.2) is 12.5 Å². The van der Waals surface area contributed by atoms with Crippen LogP contribution in [0.4, 0.5) is 0 Å². The van der Waals surface area contributed by atoms with Crippen molar-refractivity contribution >= 4 is 5.91 Å². The van der Waals surface area contributed by atoms with Crippen LogP contribution in [0.1, 0.15) is 98.5 Å². The lowest BCUT2D eigenvalue weighted by Gasteiger charge is -2.30. The number of rotatable bonds is 9. The van der Waals surface area contributed by atoms with E-state index in [1.54, 1.807) is 0 Å². The Kier molecular flexibility index (Phi) is 8.42. The molecule has 2 aliphatic carbocycles. The van der Waals surface area contributed by atoms with Crippen LogP contribution in [0, 0.1) is 17.8 Å². The number of hydrogen-bond donors (Lipinski definition) is 1. The SMILES string of the molecule is CC(CC1CCC(Cc2ccccc2C(=O)NCCC2CCCC2)CC1)c1ccccc1. The van der Waals surface area contributed by atoms with Crippen LogP contribution in [0.2, 0.25) is 0 Å². The summed E-state index contributed by atoms with van der Waals surface area (Å²) in [6.07, 6.45) is 14.2. The second-order valence-electron chi connectivity index (χ2n) is 10.5. The summed E-state index contributed by atoms with van der Waals surface area (Å²) in [7, 11) is 0. The minimum Gasteiger partial charge on any atom is -0.352 e. The smallest absolute Gasteiger partial charge is 0.251 e. The molecule has 2 aromatic carbocycles. The molecule has 1 atom stereocenters. The van der Waals surface area contributed by atoms with Gasteiger partial charge in [-0.2, -0.15) is 0 Å². The summed E-state index contributed by atoms with van der Waals surface area (Å²) in [5.41, 5.74) is 3.62. The van der Waals surface area contributed by atoms with Crippen LogP contribution in [0.3, 0.4) is 0 Å². The molecule has 32 heavy (non-hydrogen) atoms. The first-order chi connectivity index (χ1) is 15.7. The Hall–Kier alpha value is -2.09. The summed E-state index contributed by atoms with van der Waals surface area (Å²) < 4.78 is 0. The zero-order chi connectivity index (χ0) is 22.2. The third-order valence-electron chi connectivity index (χ3n) is 8.11. The molecule has 2 fully saturated rings. The lowest BCUT2D eigenvalue weighted by Crippen LogP contribution is -2.27. The van der Waals surface area contributed by atoms with E-state index in [9.17, 15) is 4.79 Å². The van der Waals surface area contributed by atoms with E-state index < -0.39 is 0 Å². The van der Waals surface area contributed by atoms with Gasteiger partial charge in [-0.15, -0.1) is 0 Å². The minimum absolute atomic E-state index is 0.129. The molecule has 0 aliphatic heterocycles. The molecule has 172 valence electrons. The van der Waals surface area contributed by atoms with Gasteiger partial charge >= 0.3 is 0 Å². The summed E-state index contributed by atoms with van der Waals surface area (Å²) >= 11 is 0. The number of amides is 1. The van der Waals surface area contributed by atoms with Gasteiger partial charge in [0.25, 0.3) is 5.91 Å². The number of nitrogens with one attached hydrogen (secondary N) is 1. The van der Waals surface area contributed by atoms with E-state index in [4.69, 9.17) is 0 Å². The van der Waals surface area contributed by atoms with Gasteiger partial charge in [0.1, 0.15) is 0 Å². The molecule has 4 rings (SSSR count).